The maximum Gasteiger partial charge on any atom is 0.246 e. The van der Waals surface area contributed by atoms with Crippen molar-refractivity contribution in [3.63, 3.8) is 0 Å². The van der Waals surface area contributed by atoms with E-state index in [1.807, 2.05) is 50.8 Å². The van der Waals surface area contributed by atoms with Crippen molar-refractivity contribution in [1.29, 1.82) is 0 Å². The Morgan fingerprint density at radius 1 is 1.35 bits per heavy atom. The van der Waals surface area contributed by atoms with Gasteiger partial charge in [0.25, 0.3) is 0 Å². The van der Waals surface area contributed by atoms with Crippen molar-refractivity contribution in [2.75, 3.05) is 25.4 Å². The maximum absolute atomic E-state index is 12.4. The summed E-state index contributed by atoms with van der Waals surface area (Å²) in [6, 6.07) is 5.83. The van der Waals surface area contributed by atoms with E-state index in [1.54, 1.807) is 6.08 Å². The number of furan rings is 1. The average molecular weight is 358 g/mol. The zero-order valence-electron chi connectivity index (χ0n) is 16.5. The first-order valence-corrected chi connectivity index (χ1v) is 9.33. The third kappa shape index (κ3) is 4.28. The van der Waals surface area contributed by atoms with Gasteiger partial charge in [-0.2, -0.15) is 0 Å². The molecule has 1 unspecified atom stereocenters. The van der Waals surface area contributed by atoms with Gasteiger partial charge in [-0.05, 0) is 57.4 Å². The first-order chi connectivity index (χ1) is 12.4. The molecule has 2 rings (SSSR count). The van der Waals surface area contributed by atoms with Gasteiger partial charge in [0.2, 0.25) is 5.91 Å². The van der Waals surface area contributed by atoms with E-state index in [1.165, 1.54) is 0 Å². The van der Waals surface area contributed by atoms with Gasteiger partial charge in [-0.25, -0.2) is 0 Å². The lowest BCUT2D eigenvalue weighted by atomic mass is 10.0. The van der Waals surface area contributed by atoms with Crippen LogP contribution in [0.4, 0.5) is 5.69 Å². The van der Waals surface area contributed by atoms with E-state index in [-0.39, 0.29) is 12.0 Å². The summed E-state index contributed by atoms with van der Waals surface area (Å²) in [4.78, 5) is 14.3. The van der Waals surface area contributed by atoms with Gasteiger partial charge in [-0.3, -0.25) is 4.79 Å². The Morgan fingerprint density at radius 3 is 2.69 bits per heavy atom. The molecule has 1 aromatic heterocycles. The summed E-state index contributed by atoms with van der Waals surface area (Å²) in [5.74, 6) is 0.689. The number of nitrogens with zero attached hydrogens (tertiary/aromatic N) is 1. The van der Waals surface area contributed by atoms with Crippen LogP contribution < -0.4 is 5.73 Å². The fourth-order valence-electron chi connectivity index (χ4n) is 3.06. The summed E-state index contributed by atoms with van der Waals surface area (Å²) >= 11 is 0. The number of hydrogen-bond donors (Lipinski definition) is 1. The minimum atomic E-state index is -0.193. The average Bonchev–Trinajstić information content (AvgIpc) is 2.96. The molecule has 0 saturated carbocycles. The lowest BCUT2D eigenvalue weighted by molar-refractivity contribution is -0.125. The molecule has 2 N–H and O–H groups in total. The summed E-state index contributed by atoms with van der Waals surface area (Å²) in [5.41, 5.74) is 9.48. The second-order valence-electron chi connectivity index (χ2n) is 6.43. The molecule has 0 aliphatic carbocycles. The van der Waals surface area contributed by atoms with E-state index in [0.29, 0.717) is 24.6 Å². The van der Waals surface area contributed by atoms with Crippen LogP contribution >= 0.6 is 0 Å². The lowest BCUT2D eigenvalue weighted by Gasteiger charge is -2.18. The quantitative estimate of drug-likeness (QED) is 0.690. The molecule has 142 valence electrons. The van der Waals surface area contributed by atoms with Gasteiger partial charge in [0.1, 0.15) is 11.7 Å². The van der Waals surface area contributed by atoms with Crippen molar-refractivity contribution in [3.8, 4) is 0 Å². The number of amides is 1. The number of allylic oxidation sites excluding steroid dienone is 1. The van der Waals surface area contributed by atoms with Crippen molar-refractivity contribution in [2.45, 2.75) is 47.1 Å². The molecule has 0 fully saturated rings. The van der Waals surface area contributed by atoms with E-state index >= 15 is 0 Å². The summed E-state index contributed by atoms with van der Waals surface area (Å²) < 4.78 is 11.5. The van der Waals surface area contributed by atoms with Crippen molar-refractivity contribution >= 4 is 28.1 Å². The molecule has 0 aliphatic rings. The molecule has 1 amide bonds. The van der Waals surface area contributed by atoms with E-state index in [2.05, 4.69) is 6.92 Å². The first-order valence-electron chi connectivity index (χ1n) is 9.33. The summed E-state index contributed by atoms with van der Waals surface area (Å²) in [6.07, 6.45) is 2.45. The largest absolute Gasteiger partial charge is 0.456 e. The van der Waals surface area contributed by atoms with Crippen molar-refractivity contribution in [3.05, 3.63) is 35.6 Å². The molecule has 0 spiro atoms. The van der Waals surface area contributed by atoms with E-state index < -0.39 is 0 Å². The van der Waals surface area contributed by atoms with Crippen LogP contribution in [0, 0.1) is 0 Å². The topological polar surface area (TPSA) is 68.7 Å². The number of rotatable bonds is 8. The molecule has 0 bridgehead atoms. The van der Waals surface area contributed by atoms with E-state index in [0.717, 1.165) is 35.1 Å². The normalized spacial score (nSPS) is 13.2. The number of ether oxygens (including phenoxy) is 1. The Kier molecular flexibility index (Phi) is 6.86. The zero-order chi connectivity index (χ0) is 19.3. The zero-order valence-corrected chi connectivity index (χ0v) is 16.5. The molecule has 0 saturated heterocycles. The van der Waals surface area contributed by atoms with Crippen LogP contribution in [0.3, 0.4) is 0 Å². The molecule has 1 aromatic carbocycles. The maximum atomic E-state index is 12.4. The van der Waals surface area contributed by atoms with Crippen molar-refractivity contribution in [1.82, 2.24) is 4.90 Å². The Labute approximate surface area is 155 Å². The monoisotopic (exact) mass is 358 g/mol. The molecule has 5 nitrogen and oxygen atoms in total. The minimum absolute atomic E-state index is 0.0396. The molecular weight excluding hydrogens is 328 g/mol. The number of likely N-dealkylation sites (N-methyl/N-ethyl adjacent to an activating group) is 1. The summed E-state index contributed by atoms with van der Waals surface area (Å²) in [7, 11) is 0. The van der Waals surface area contributed by atoms with Crippen LogP contribution in [0.1, 0.15) is 58.5 Å². The third-order valence-corrected chi connectivity index (χ3v) is 4.52. The molecule has 2 aromatic rings. The molecule has 1 heterocycles. The number of nitrogen functional groups attached to an aromatic ring is 1. The number of carbonyl (C=O) groups is 1. The van der Waals surface area contributed by atoms with E-state index in [4.69, 9.17) is 14.9 Å². The first kappa shape index (κ1) is 20.0. The minimum Gasteiger partial charge on any atom is -0.456 e. The standard InChI is InChI=1S/C21H30N2O3/c1-6-11-23(7-2)19(24)12-14(4)16-9-10-18-17(13-16)20(22)21(26-18)15(5)25-8-3/h9-10,12-13,15H,6-8,11,22H2,1-5H3/b14-12+. The molecule has 0 aliphatic heterocycles. The Hall–Kier alpha value is -2.27. The lowest BCUT2D eigenvalue weighted by Crippen LogP contribution is -2.30. The SMILES string of the molecule is CCCN(CC)C(=O)/C=C(\C)c1ccc2oc(C(C)OCC)c(N)c2c1. The molecule has 0 radical (unpaired) electrons. The predicted octanol–water partition coefficient (Wildman–Crippen LogP) is 4.77. The Morgan fingerprint density at radius 2 is 2.08 bits per heavy atom. The van der Waals surface area contributed by atoms with Crippen LogP contribution in [0.2, 0.25) is 0 Å². The van der Waals surface area contributed by atoms with Crippen LogP contribution in [0.25, 0.3) is 16.5 Å². The van der Waals surface area contributed by atoms with Gasteiger partial charge < -0.3 is 19.8 Å². The molecular formula is C21H30N2O3. The second-order valence-corrected chi connectivity index (χ2v) is 6.43. The highest BCUT2D eigenvalue weighted by Gasteiger charge is 2.18. The number of anilines is 1. The van der Waals surface area contributed by atoms with Crippen LogP contribution in [-0.4, -0.2) is 30.5 Å². The van der Waals surface area contributed by atoms with Gasteiger partial charge in [-0.15, -0.1) is 0 Å². The summed E-state index contributed by atoms with van der Waals surface area (Å²) in [6.45, 7) is 12.0. The Balaban J connectivity index is 2.34. The van der Waals surface area contributed by atoms with Gasteiger partial charge in [0.05, 0.1) is 5.69 Å². The van der Waals surface area contributed by atoms with Crippen LogP contribution in [0.5, 0.6) is 0 Å². The van der Waals surface area contributed by atoms with Gasteiger partial charge in [-0.1, -0.05) is 13.0 Å². The van der Waals surface area contributed by atoms with Gasteiger partial charge in [0, 0.05) is 31.2 Å². The fourth-order valence-corrected chi connectivity index (χ4v) is 3.06. The van der Waals surface area contributed by atoms with Crippen LogP contribution in [0.15, 0.2) is 28.7 Å². The van der Waals surface area contributed by atoms with Gasteiger partial charge >= 0.3 is 0 Å². The third-order valence-electron chi connectivity index (χ3n) is 4.52. The van der Waals surface area contributed by atoms with E-state index in [9.17, 15) is 4.79 Å². The highest BCUT2D eigenvalue weighted by molar-refractivity contribution is 5.98. The van der Waals surface area contributed by atoms with Crippen molar-refractivity contribution in [2.24, 2.45) is 0 Å². The fraction of sp³-hybridized carbons (Fsp3) is 0.476. The van der Waals surface area contributed by atoms with Crippen molar-refractivity contribution < 1.29 is 13.9 Å². The number of hydrogen-bond acceptors (Lipinski definition) is 4. The summed E-state index contributed by atoms with van der Waals surface area (Å²) in [5, 5.41) is 0.852. The number of benzene rings is 1. The molecule has 1 atom stereocenters. The second kappa shape index (κ2) is 8.90. The van der Waals surface area contributed by atoms with Crippen LogP contribution in [-0.2, 0) is 9.53 Å². The smallest absolute Gasteiger partial charge is 0.246 e. The molecule has 5 heteroatoms. The predicted molar refractivity (Wildman–Crippen MR) is 107 cm³/mol. The molecule has 26 heavy (non-hydrogen) atoms. The Bertz CT molecular complexity index is 792. The number of nitrogens with two attached hydrogens (primary N) is 1. The number of carbonyl (C=O) groups excluding carboxylic acids is 1. The highest BCUT2D eigenvalue weighted by atomic mass is 16.5. The highest BCUT2D eigenvalue weighted by Crippen LogP contribution is 2.35. The number of fused-ring (bicyclic) bond motifs is 1. The van der Waals surface area contributed by atoms with Gasteiger partial charge in [0.15, 0.2) is 5.76 Å².